The molecule has 1 N–H and O–H groups in total. The maximum atomic E-state index is 12.2. The predicted molar refractivity (Wildman–Crippen MR) is 78.6 cm³/mol. The molecule has 0 spiro atoms. The molecule has 110 valence electrons. The maximum Gasteiger partial charge on any atom is 0.323 e. The number of carboxylic acids is 1. The Bertz CT molecular complexity index is 471. The molecule has 0 aromatic heterocycles. The van der Waals surface area contributed by atoms with Crippen LogP contribution in [0, 0.1) is 6.92 Å². The van der Waals surface area contributed by atoms with E-state index < -0.39 is 5.97 Å². The van der Waals surface area contributed by atoms with Gasteiger partial charge in [-0.2, -0.15) is 0 Å². The number of carbonyl (C=O) groups excluding carboxylic acids is 1. The molecule has 0 fully saturated rings. The van der Waals surface area contributed by atoms with Crippen LogP contribution in [0.1, 0.15) is 37.8 Å². The van der Waals surface area contributed by atoms with Crippen LogP contribution in [-0.4, -0.2) is 34.5 Å². The molecule has 4 heteroatoms. The summed E-state index contributed by atoms with van der Waals surface area (Å²) in [6.07, 6.45) is 1.75. The zero-order valence-electron chi connectivity index (χ0n) is 12.4. The van der Waals surface area contributed by atoms with Crippen LogP contribution in [0.25, 0.3) is 0 Å². The normalized spacial score (nSPS) is 11.9. The minimum absolute atomic E-state index is 0.0453. The lowest BCUT2D eigenvalue weighted by Crippen LogP contribution is -2.41. The predicted octanol–water partition coefficient (Wildman–Crippen LogP) is 2.64. The van der Waals surface area contributed by atoms with E-state index in [-0.39, 0.29) is 18.5 Å². The molecule has 0 radical (unpaired) electrons. The summed E-state index contributed by atoms with van der Waals surface area (Å²) in [5.74, 6) is -1.06. The standard InChI is InChI=1S/C16H23NO3/c1-4-13(3)17(11-16(19)20)15(18)9-8-14-7-5-6-12(2)10-14/h5-7,10,13H,4,8-9,11H2,1-3H3,(H,19,20). The van der Waals surface area contributed by atoms with Crippen LogP contribution in [-0.2, 0) is 16.0 Å². The van der Waals surface area contributed by atoms with Crippen LogP contribution < -0.4 is 0 Å². The summed E-state index contributed by atoms with van der Waals surface area (Å²) in [5.41, 5.74) is 2.28. The third-order valence-corrected chi connectivity index (χ3v) is 3.46. The molecule has 1 atom stereocenters. The number of carboxylic acid groups (broad SMARTS) is 1. The minimum atomic E-state index is -0.964. The van der Waals surface area contributed by atoms with Gasteiger partial charge >= 0.3 is 5.97 Å². The summed E-state index contributed by atoms with van der Waals surface area (Å²) in [7, 11) is 0. The van der Waals surface area contributed by atoms with Gasteiger partial charge in [0.25, 0.3) is 0 Å². The zero-order chi connectivity index (χ0) is 15.1. The van der Waals surface area contributed by atoms with Gasteiger partial charge in [0.2, 0.25) is 5.91 Å². The topological polar surface area (TPSA) is 57.6 Å². The van der Waals surface area contributed by atoms with Crippen LogP contribution in [0.2, 0.25) is 0 Å². The van der Waals surface area contributed by atoms with Crippen molar-refractivity contribution < 1.29 is 14.7 Å². The van der Waals surface area contributed by atoms with Gasteiger partial charge in [-0.15, -0.1) is 0 Å². The summed E-state index contributed by atoms with van der Waals surface area (Å²) < 4.78 is 0. The molecule has 0 aliphatic carbocycles. The van der Waals surface area contributed by atoms with E-state index in [1.807, 2.05) is 39.0 Å². The summed E-state index contributed by atoms with van der Waals surface area (Å²) in [6, 6.07) is 7.99. The van der Waals surface area contributed by atoms with Crippen LogP contribution in [0.5, 0.6) is 0 Å². The van der Waals surface area contributed by atoms with Crippen LogP contribution in [0.3, 0.4) is 0 Å². The lowest BCUT2D eigenvalue weighted by atomic mass is 10.1. The molecule has 0 aliphatic rings. The highest BCUT2D eigenvalue weighted by atomic mass is 16.4. The van der Waals surface area contributed by atoms with E-state index in [0.29, 0.717) is 12.8 Å². The largest absolute Gasteiger partial charge is 0.480 e. The molecule has 1 aromatic carbocycles. The molecular weight excluding hydrogens is 254 g/mol. The number of carbonyl (C=O) groups is 2. The number of hydrogen-bond donors (Lipinski definition) is 1. The first-order valence-corrected chi connectivity index (χ1v) is 7.00. The van der Waals surface area contributed by atoms with Gasteiger partial charge in [0, 0.05) is 12.5 Å². The molecule has 4 nitrogen and oxygen atoms in total. The summed E-state index contributed by atoms with van der Waals surface area (Å²) in [4.78, 5) is 24.5. The van der Waals surface area contributed by atoms with E-state index in [9.17, 15) is 9.59 Å². The van der Waals surface area contributed by atoms with Crippen molar-refractivity contribution in [3.8, 4) is 0 Å². The SMILES string of the molecule is CCC(C)N(CC(=O)O)C(=O)CCc1cccc(C)c1. The van der Waals surface area contributed by atoms with Gasteiger partial charge in [0.05, 0.1) is 0 Å². The first-order valence-electron chi connectivity index (χ1n) is 7.00. The van der Waals surface area contributed by atoms with E-state index in [2.05, 4.69) is 6.07 Å². The Labute approximate surface area is 120 Å². The van der Waals surface area contributed by atoms with E-state index in [1.54, 1.807) is 0 Å². The zero-order valence-corrected chi connectivity index (χ0v) is 12.4. The van der Waals surface area contributed by atoms with Gasteiger partial charge in [0.15, 0.2) is 0 Å². The molecule has 1 unspecified atom stereocenters. The van der Waals surface area contributed by atoms with Gasteiger partial charge in [0.1, 0.15) is 6.54 Å². The fourth-order valence-corrected chi connectivity index (χ4v) is 2.12. The Morgan fingerprint density at radius 2 is 2.05 bits per heavy atom. The molecule has 1 aromatic rings. The van der Waals surface area contributed by atoms with E-state index >= 15 is 0 Å². The highest BCUT2D eigenvalue weighted by Gasteiger charge is 2.21. The molecule has 0 saturated carbocycles. The number of nitrogens with zero attached hydrogens (tertiary/aromatic N) is 1. The lowest BCUT2D eigenvalue weighted by Gasteiger charge is -2.27. The second-order valence-corrected chi connectivity index (χ2v) is 5.16. The van der Waals surface area contributed by atoms with Crippen molar-refractivity contribution >= 4 is 11.9 Å². The van der Waals surface area contributed by atoms with Crippen LogP contribution in [0.4, 0.5) is 0 Å². The van der Waals surface area contributed by atoms with Crippen molar-refractivity contribution in [3.63, 3.8) is 0 Å². The molecule has 0 bridgehead atoms. The number of aryl methyl sites for hydroxylation is 2. The first-order chi connectivity index (χ1) is 9.43. The van der Waals surface area contributed by atoms with Gasteiger partial charge in [-0.25, -0.2) is 0 Å². The average Bonchev–Trinajstić information content (AvgIpc) is 2.41. The molecule has 0 aliphatic heterocycles. The number of aliphatic carboxylic acids is 1. The third kappa shape index (κ3) is 5.03. The number of rotatable bonds is 7. The molecule has 20 heavy (non-hydrogen) atoms. The number of hydrogen-bond acceptors (Lipinski definition) is 2. The van der Waals surface area contributed by atoms with Crippen molar-refractivity contribution in [2.24, 2.45) is 0 Å². The fourth-order valence-electron chi connectivity index (χ4n) is 2.12. The van der Waals surface area contributed by atoms with Crippen LogP contribution >= 0.6 is 0 Å². The Hall–Kier alpha value is -1.84. The van der Waals surface area contributed by atoms with Crippen molar-refractivity contribution in [1.29, 1.82) is 0 Å². The molecule has 0 saturated heterocycles. The highest BCUT2D eigenvalue weighted by Crippen LogP contribution is 2.10. The van der Waals surface area contributed by atoms with Crippen molar-refractivity contribution in [3.05, 3.63) is 35.4 Å². The van der Waals surface area contributed by atoms with Crippen LogP contribution in [0.15, 0.2) is 24.3 Å². The van der Waals surface area contributed by atoms with Crippen molar-refractivity contribution in [1.82, 2.24) is 4.90 Å². The molecule has 1 amide bonds. The summed E-state index contributed by atoms with van der Waals surface area (Å²) >= 11 is 0. The second kappa shape index (κ2) is 7.68. The second-order valence-electron chi connectivity index (χ2n) is 5.16. The molecule has 1 rings (SSSR count). The Kier molecular flexibility index (Phi) is 6.22. The van der Waals surface area contributed by atoms with E-state index in [4.69, 9.17) is 5.11 Å². The van der Waals surface area contributed by atoms with E-state index in [0.717, 1.165) is 12.0 Å². The lowest BCUT2D eigenvalue weighted by molar-refractivity contribution is -0.146. The Morgan fingerprint density at radius 3 is 2.60 bits per heavy atom. The van der Waals surface area contributed by atoms with Crippen molar-refractivity contribution in [2.45, 2.75) is 46.1 Å². The smallest absolute Gasteiger partial charge is 0.323 e. The maximum absolute atomic E-state index is 12.2. The molecule has 0 heterocycles. The minimum Gasteiger partial charge on any atom is -0.480 e. The highest BCUT2D eigenvalue weighted by molar-refractivity contribution is 5.81. The first kappa shape index (κ1) is 16.2. The molecular formula is C16H23NO3. The Balaban J connectivity index is 2.64. The number of benzene rings is 1. The van der Waals surface area contributed by atoms with Crippen molar-refractivity contribution in [2.75, 3.05) is 6.54 Å². The third-order valence-electron chi connectivity index (χ3n) is 3.46. The Morgan fingerprint density at radius 1 is 1.35 bits per heavy atom. The summed E-state index contributed by atoms with van der Waals surface area (Å²) in [5, 5.41) is 8.90. The van der Waals surface area contributed by atoms with Gasteiger partial charge in [-0.05, 0) is 32.3 Å². The van der Waals surface area contributed by atoms with Gasteiger partial charge < -0.3 is 10.0 Å². The average molecular weight is 277 g/mol. The number of amides is 1. The van der Waals surface area contributed by atoms with Gasteiger partial charge in [-0.3, -0.25) is 9.59 Å². The van der Waals surface area contributed by atoms with Gasteiger partial charge in [-0.1, -0.05) is 36.8 Å². The fraction of sp³-hybridized carbons (Fsp3) is 0.500. The quantitative estimate of drug-likeness (QED) is 0.833. The monoisotopic (exact) mass is 277 g/mol. The summed E-state index contributed by atoms with van der Waals surface area (Å²) in [6.45, 7) is 5.63. The van der Waals surface area contributed by atoms with E-state index in [1.165, 1.54) is 10.5 Å².